The molecule has 0 spiro atoms. The first-order chi connectivity index (χ1) is 16.7. The molecule has 1 saturated heterocycles. The van der Waals surface area contributed by atoms with Crippen LogP contribution in [0.2, 0.25) is 5.02 Å². The van der Waals surface area contributed by atoms with E-state index < -0.39 is 0 Å². The van der Waals surface area contributed by atoms with Crippen LogP contribution in [0.15, 0.2) is 41.5 Å². The van der Waals surface area contributed by atoms with Crippen LogP contribution in [0, 0.1) is 13.8 Å². The van der Waals surface area contributed by atoms with Gasteiger partial charge in [-0.15, -0.1) is 0 Å². The first kappa shape index (κ1) is 23.5. The Kier molecular flexibility index (Phi) is 6.11. The summed E-state index contributed by atoms with van der Waals surface area (Å²) in [6.45, 7) is 8.29. The summed E-state index contributed by atoms with van der Waals surface area (Å²) in [7, 11) is 2.14. The molecule has 0 saturated carbocycles. The summed E-state index contributed by atoms with van der Waals surface area (Å²) in [5.74, 6) is 1.33. The van der Waals surface area contributed by atoms with Gasteiger partial charge < -0.3 is 15.2 Å². The van der Waals surface area contributed by atoms with Gasteiger partial charge in [0.2, 0.25) is 0 Å². The molecule has 0 atom stereocenters. The molecule has 4 aromatic rings. The van der Waals surface area contributed by atoms with Crippen LogP contribution in [-0.2, 0) is 6.42 Å². The van der Waals surface area contributed by atoms with Gasteiger partial charge in [0.1, 0.15) is 5.82 Å². The number of piperidine rings is 1. The number of anilines is 1. The first-order valence-electron chi connectivity index (χ1n) is 11.9. The zero-order valence-corrected chi connectivity index (χ0v) is 21.3. The van der Waals surface area contributed by atoms with Crippen LogP contribution in [0.3, 0.4) is 0 Å². The number of nitrogens with zero attached hydrogens (tertiary/aromatic N) is 5. The van der Waals surface area contributed by atoms with E-state index in [0.717, 1.165) is 54.3 Å². The average Bonchev–Trinajstić information content (AvgIpc) is 3.16. The summed E-state index contributed by atoms with van der Waals surface area (Å²) in [6.07, 6.45) is 6.26. The highest BCUT2D eigenvalue weighted by Crippen LogP contribution is 2.32. The van der Waals surface area contributed by atoms with Crippen molar-refractivity contribution >= 4 is 28.2 Å². The minimum Gasteiger partial charge on any atom is -0.379 e. The van der Waals surface area contributed by atoms with E-state index in [9.17, 15) is 4.79 Å². The van der Waals surface area contributed by atoms with Crippen molar-refractivity contribution in [2.45, 2.75) is 45.6 Å². The van der Waals surface area contributed by atoms with Crippen LogP contribution in [0.25, 0.3) is 16.7 Å². The normalized spacial score (nSPS) is 16.0. The maximum absolute atomic E-state index is 12.8. The quantitative estimate of drug-likeness (QED) is 0.433. The third kappa shape index (κ3) is 4.94. The van der Waals surface area contributed by atoms with Gasteiger partial charge >= 0.3 is 0 Å². The highest BCUT2D eigenvalue weighted by Gasteiger charge is 2.29. The molecule has 3 aromatic heterocycles. The second kappa shape index (κ2) is 9.09. The van der Waals surface area contributed by atoms with E-state index in [-0.39, 0.29) is 11.1 Å². The topological polar surface area (TPSA) is 91.7 Å². The molecule has 1 aliphatic heterocycles. The van der Waals surface area contributed by atoms with Gasteiger partial charge in [0.25, 0.3) is 5.56 Å². The molecule has 8 nitrogen and oxygen atoms in total. The van der Waals surface area contributed by atoms with E-state index in [4.69, 9.17) is 16.6 Å². The standard InChI is InChI=1S/C26H30ClN7O/c1-16-15-34(32-17(16)2)24-6-5-18(14-28-24)11-23-29-21-13-22(20(27)12-19(21)25(35)30-23)31-26(3)7-9-33(4)10-8-26/h5-6,12-15,31H,7-11H2,1-4H3,(H,29,30,35). The molecule has 9 heteroatoms. The molecule has 0 aliphatic carbocycles. The number of halogens is 1. The van der Waals surface area contributed by atoms with Gasteiger partial charge in [0.05, 0.1) is 27.3 Å². The number of nitrogens with one attached hydrogen (secondary N) is 2. The summed E-state index contributed by atoms with van der Waals surface area (Å²) in [4.78, 5) is 27.3. The minimum atomic E-state index is -0.198. The van der Waals surface area contributed by atoms with Gasteiger partial charge in [0, 0.05) is 37.4 Å². The Morgan fingerprint density at radius 3 is 2.63 bits per heavy atom. The maximum Gasteiger partial charge on any atom is 0.258 e. The predicted molar refractivity (Wildman–Crippen MR) is 140 cm³/mol. The van der Waals surface area contributed by atoms with Crippen LogP contribution >= 0.6 is 11.6 Å². The molecule has 4 heterocycles. The van der Waals surface area contributed by atoms with Gasteiger partial charge in [-0.2, -0.15) is 5.10 Å². The molecule has 2 N–H and O–H groups in total. The Morgan fingerprint density at radius 1 is 1.20 bits per heavy atom. The van der Waals surface area contributed by atoms with Crippen LogP contribution in [-0.4, -0.2) is 55.3 Å². The molecule has 0 radical (unpaired) electrons. The number of aromatic nitrogens is 5. The van der Waals surface area contributed by atoms with Crippen molar-refractivity contribution < 1.29 is 0 Å². The van der Waals surface area contributed by atoms with E-state index in [1.165, 1.54) is 0 Å². The highest BCUT2D eigenvalue weighted by molar-refractivity contribution is 6.34. The second-order valence-electron chi connectivity index (χ2n) is 9.89. The number of aromatic amines is 1. The monoisotopic (exact) mass is 491 g/mol. The van der Waals surface area contributed by atoms with Crippen molar-refractivity contribution in [3.8, 4) is 5.82 Å². The van der Waals surface area contributed by atoms with Gasteiger partial charge in [-0.05, 0) is 70.0 Å². The molecule has 35 heavy (non-hydrogen) atoms. The van der Waals surface area contributed by atoms with Gasteiger partial charge in [-0.1, -0.05) is 17.7 Å². The van der Waals surface area contributed by atoms with E-state index in [0.29, 0.717) is 28.2 Å². The van der Waals surface area contributed by atoms with Crippen molar-refractivity contribution in [3.05, 3.63) is 74.7 Å². The SMILES string of the molecule is Cc1cn(-c2ccc(Cc3nc4cc(NC5(C)CCN(C)CC5)c(Cl)cc4c(=O)[nH]3)cn2)nc1C. The summed E-state index contributed by atoms with van der Waals surface area (Å²) < 4.78 is 1.77. The Bertz CT molecular complexity index is 1410. The second-order valence-corrected chi connectivity index (χ2v) is 10.3. The summed E-state index contributed by atoms with van der Waals surface area (Å²) in [5.41, 5.74) is 4.23. The molecule has 182 valence electrons. The number of rotatable bonds is 5. The fourth-order valence-electron chi connectivity index (χ4n) is 4.46. The molecule has 0 unspecified atom stereocenters. The molecule has 1 fully saturated rings. The first-order valence-corrected chi connectivity index (χ1v) is 12.2. The third-order valence-corrected chi connectivity index (χ3v) is 7.24. The maximum atomic E-state index is 12.8. The van der Waals surface area contributed by atoms with Gasteiger partial charge in [0.15, 0.2) is 5.82 Å². The van der Waals surface area contributed by atoms with E-state index in [2.05, 4.69) is 39.3 Å². The van der Waals surface area contributed by atoms with Crippen LogP contribution in [0.5, 0.6) is 0 Å². The van der Waals surface area contributed by atoms with Crippen LogP contribution in [0.4, 0.5) is 5.69 Å². The number of benzene rings is 1. The predicted octanol–water partition coefficient (Wildman–Crippen LogP) is 4.26. The smallest absolute Gasteiger partial charge is 0.258 e. The Hall–Kier alpha value is -3.23. The molecule has 5 rings (SSSR count). The molecule has 0 amide bonds. The Balaban J connectivity index is 1.40. The lowest BCUT2D eigenvalue weighted by Crippen LogP contribution is -2.45. The number of H-pyrrole nitrogens is 1. The third-order valence-electron chi connectivity index (χ3n) is 6.93. The number of aryl methyl sites for hydroxylation is 2. The summed E-state index contributed by atoms with van der Waals surface area (Å²) in [6, 6.07) is 7.50. The van der Waals surface area contributed by atoms with Crippen molar-refractivity contribution in [2.24, 2.45) is 0 Å². The van der Waals surface area contributed by atoms with Crippen molar-refractivity contribution in [3.63, 3.8) is 0 Å². The molecule has 1 aromatic carbocycles. The molecule has 0 bridgehead atoms. The number of likely N-dealkylation sites (tertiary alicyclic amines) is 1. The van der Waals surface area contributed by atoms with Crippen molar-refractivity contribution in [1.29, 1.82) is 0 Å². The van der Waals surface area contributed by atoms with Crippen LogP contribution in [0.1, 0.15) is 42.4 Å². The Labute approximate surface area is 209 Å². The highest BCUT2D eigenvalue weighted by atomic mass is 35.5. The summed E-state index contributed by atoms with van der Waals surface area (Å²) in [5, 5.41) is 9.12. The number of pyridine rings is 1. The fraction of sp³-hybridized carbons (Fsp3) is 0.385. The van der Waals surface area contributed by atoms with Crippen molar-refractivity contribution in [1.82, 2.24) is 29.6 Å². The Morgan fingerprint density at radius 2 is 1.97 bits per heavy atom. The lowest BCUT2D eigenvalue weighted by atomic mass is 9.89. The molecule has 1 aliphatic rings. The average molecular weight is 492 g/mol. The zero-order valence-electron chi connectivity index (χ0n) is 20.5. The number of hydrogen-bond acceptors (Lipinski definition) is 6. The van der Waals surface area contributed by atoms with Crippen LogP contribution < -0.4 is 10.9 Å². The van der Waals surface area contributed by atoms with E-state index >= 15 is 0 Å². The number of fused-ring (bicyclic) bond motifs is 1. The van der Waals surface area contributed by atoms with Gasteiger partial charge in [-0.25, -0.2) is 14.6 Å². The lowest BCUT2D eigenvalue weighted by molar-refractivity contribution is 0.216. The fourth-order valence-corrected chi connectivity index (χ4v) is 4.67. The van der Waals surface area contributed by atoms with Gasteiger partial charge in [-0.3, -0.25) is 4.79 Å². The van der Waals surface area contributed by atoms with E-state index in [1.54, 1.807) is 16.9 Å². The largest absolute Gasteiger partial charge is 0.379 e. The zero-order chi connectivity index (χ0) is 24.7. The summed E-state index contributed by atoms with van der Waals surface area (Å²) >= 11 is 6.56. The molecular formula is C26H30ClN7O. The van der Waals surface area contributed by atoms with Crippen molar-refractivity contribution in [2.75, 3.05) is 25.5 Å². The number of hydrogen-bond donors (Lipinski definition) is 2. The molecular weight excluding hydrogens is 462 g/mol. The minimum absolute atomic E-state index is 0.0487. The van der Waals surface area contributed by atoms with E-state index in [1.807, 2.05) is 38.2 Å². The lowest BCUT2D eigenvalue weighted by Gasteiger charge is -2.39.